The van der Waals surface area contributed by atoms with E-state index in [1.54, 1.807) is 20.2 Å². The molecular weight excluding hydrogens is 528 g/mol. The lowest BCUT2D eigenvalue weighted by Gasteiger charge is -2.29. The highest BCUT2D eigenvalue weighted by Crippen LogP contribution is 2.36. The fourth-order valence-electron chi connectivity index (χ4n) is 4.47. The lowest BCUT2D eigenvalue weighted by molar-refractivity contribution is -0.137. The summed E-state index contributed by atoms with van der Waals surface area (Å²) in [6.45, 7) is 3.14. The maximum atomic E-state index is 13.7. The van der Waals surface area contributed by atoms with Crippen LogP contribution in [0.4, 0.5) is 34.9 Å². The zero-order chi connectivity index (χ0) is 27.9. The number of benzene rings is 1. The van der Waals surface area contributed by atoms with Gasteiger partial charge < -0.3 is 15.1 Å². The van der Waals surface area contributed by atoms with E-state index in [1.165, 1.54) is 40.6 Å². The molecule has 4 rings (SSSR count). The van der Waals surface area contributed by atoms with E-state index < -0.39 is 41.3 Å². The molecule has 38 heavy (non-hydrogen) atoms. The van der Waals surface area contributed by atoms with E-state index in [1.807, 2.05) is 0 Å². The van der Waals surface area contributed by atoms with Gasteiger partial charge in [0.15, 0.2) is 5.82 Å². The van der Waals surface area contributed by atoms with Gasteiger partial charge in [-0.2, -0.15) is 18.3 Å². The standard InChI is InChI=1S/C25H25ClF4N6O2/c1-13-11-34(3)33-22(13)32-23(37)15-8-20(24(38)35(4)17-5-6-19(27)18(26)10-17)36(12-15)21-9-16(25(28,29)30)7-14(2)31-21/h5-7,9-11,15,20H,8,12H2,1-4H3,(H,32,33,37)/t15-,20-/m0/s1. The summed E-state index contributed by atoms with van der Waals surface area (Å²) < 4.78 is 55.9. The van der Waals surface area contributed by atoms with Crippen molar-refractivity contribution < 1.29 is 27.2 Å². The van der Waals surface area contributed by atoms with Crippen LogP contribution < -0.4 is 15.1 Å². The van der Waals surface area contributed by atoms with Gasteiger partial charge in [-0.1, -0.05) is 11.6 Å². The molecule has 2 atom stereocenters. The van der Waals surface area contributed by atoms with Crippen molar-refractivity contribution in [2.24, 2.45) is 13.0 Å². The van der Waals surface area contributed by atoms with Gasteiger partial charge in [0.1, 0.15) is 17.7 Å². The number of rotatable bonds is 5. The predicted molar refractivity (Wildman–Crippen MR) is 135 cm³/mol. The first-order valence-electron chi connectivity index (χ1n) is 11.6. The first-order valence-corrected chi connectivity index (χ1v) is 12.0. The Labute approximate surface area is 221 Å². The third-order valence-electron chi connectivity index (χ3n) is 6.39. The number of carbonyl (C=O) groups is 2. The molecule has 3 aromatic rings. The van der Waals surface area contributed by atoms with Gasteiger partial charge in [-0.3, -0.25) is 14.3 Å². The van der Waals surface area contributed by atoms with E-state index in [4.69, 9.17) is 11.6 Å². The number of aryl methyl sites for hydroxylation is 3. The molecule has 13 heteroatoms. The number of alkyl halides is 3. The topological polar surface area (TPSA) is 83.4 Å². The van der Waals surface area contributed by atoms with Crippen LogP contribution in [-0.4, -0.2) is 46.2 Å². The van der Waals surface area contributed by atoms with Gasteiger partial charge in [0, 0.05) is 43.8 Å². The zero-order valence-electron chi connectivity index (χ0n) is 21.0. The third kappa shape index (κ3) is 5.59. The summed E-state index contributed by atoms with van der Waals surface area (Å²) in [7, 11) is 3.15. The summed E-state index contributed by atoms with van der Waals surface area (Å²) in [5, 5.41) is 6.75. The summed E-state index contributed by atoms with van der Waals surface area (Å²) in [6.07, 6.45) is -2.90. The van der Waals surface area contributed by atoms with Crippen molar-refractivity contribution in [3.05, 3.63) is 64.2 Å². The molecule has 8 nitrogen and oxygen atoms in total. The maximum absolute atomic E-state index is 13.7. The van der Waals surface area contributed by atoms with Gasteiger partial charge in [-0.05, 0) is 50.6 Å². The Bertz CT molecular complexity index is 1390. The lowest BCUT2D eigenvalue weighted by atomic mass is 10.0. The van der Waals surface area contributed by atoms with Crippen LogP contribution in [0.1, 0.15) is 23.2 Å². The minimum absolute atomic E-state index is 0.00673. The van der Waals surface area contributed by atoms with Crippen LogP contribution in [0, 0.1) is 25.6 Å². The van der Waals surface area contributed by atoms with Crippen LogP contribution in [0.3, 0.4) is 0 Å². The quantitative estimate of drug-likeness (QED) is 0.462. The number of nitrogens with zero attached hydrogens (tertiary/aromatic N) is 5. The molecule has 1 aliphatic heterocycles. The Hall–Kier alpha value is -3.67. The SMILES string of the molecule is Cc1cc(C(F)(F)F)cc(N2C[C@@H](C(=O)Nc3nn(C)cc3C)C[C@H]2C(=O)N(C)c2ccc(F)c(Cl)c2)n1. The summed E-state index contributed by atoms with van der Waals surface area (Å²) in [4.78, 5) is 33.7. The van der Waals surface area contributed by atoms with E-state index in [0.717, 1.165) is 23.8 Å². The highest BCUT2D eigenvalue weighted by Gasteiger charge is 2.43. The summed E-state index contributed by atoms with van der Waals surface area (Å²) in [6, 6.07) is 4.49. The third-order valence-corrected chi connectivity index (χ3v) is 6.68. The fourth-order valence-corrected chi connectivity index (χ4v) is 4.64. The largest absolute Gasteiger partial charge is 0.416 e. The second-order valence-electron chi connectivity index (χ2n) is 9.27. The fraction of sp³-hybridized carbons (Fsp3) is 0.360. The average molecular weight is 553 g/mol. The second-order valence-corrected chi connectivity index (χ2v) is 9.68. The lowest BCUT2D eigenvalue weighted by Crippen LogP contribution is -2.44. The van der Waals surface area contributed by atoms with Crippen molar-refractivity contribution in [3.63, 3.8) is 0 Å². The van der Waals surface area contributed by atoms with E-state index in [9.17, 15) is 27.2 Å². The molecule has 0 bridgehead atoms. The van der Waals surface area contributed by atoms with E-state index >= 15 is 0 Å². The van der Waals surface area contributed by atoms with Gasteiger partial charge in [-0.15, -0.1) is 0 Å². The number of likely N-dealkylation sites (N-methyl/N-ethyl adjacent to an activating group) is 1. The number of hydrogen-bond donors (Lipinski definition) is 1. The molecule has 202 valence electrons. The van der Waals surface area contributed by atoms with Gasteiger partial charge >= 0.3 is 6.18 Å². The number of nitrogens with one attached hydrogen (secondary N) is 1. The molecule has 0 unspecified atom stereocenters. The molecule has 1 aromatic carbocycles. The monoisotopic (exact) mass is 552 g/mol. The molecule has 1 saturated heterocycles. The van der Waals surface area contributed by atoms with Crippen molar-refractivity contribution in [1.29, 1.82) is 0 Å². The van der Waals surface area contributed by atoms with Gasteiger partial charge in [-0.25, -0.2) is 9.37 Å². The van der Waals surface area contributed by atoms with Crippen molar-refractivity contribution >= 4 is 40.7 Å². The highest BCUT2D eigenvalue weighted by molar-refractivity contribution is 6.31. The van der Waals surface area contributed by atoms with Crippen molar-refractivity contribution in [2.75, 3.05) is 28.7 Å². The second kappa shape index (κ2) is 10.2. The number of amides is 2. The molecular formula is C25H25ClF4N6O2. The molecule has 1 N–H and O–H groups in total. The average Bonchev–Trinajstić information content (AvgIpc) is 3.42. The van der Waals surface area contributed by atoms with E-state index in [-0.39, 0.29) is 35.2 Å². The van der Waals surface area contributed by atoms with Crippen LogP contribution >= 0.6 is 11.6 Å². The minimum atomic E-state index is -4.63. The molecule has 1 aliphatic rings. The number of hydrogen-bond acceptors (Lipinski definition) is 5. The van der Waals surface area contributed by atoms with Crippen LogP contribution in [0.25, 0.3) is 0 Å². The Balaban J connectivity index is 1.68. The van der Waals surface area contributed by atoms with Crippen LogP contribution in [0.2, 0.25) is 5.02 Å². The summed E-state index contributed by atoms with van der Waals surface area (Å²) in [5.41, 5.74) is 0.205. The normalized spacial score (nSPS) is 17.6. The summed E-state index contributed by atoms with van der Waals surface area (Å²) in [5.74, 6) is -2.09. The van der Waals surface area contributed by atoms with E-state index in [2.05, 4.69) is 15.4 Å². The zero-order valence-corrected chi connectivity index (χ0v) is 21.7. The number of carbonyl (C=O) groups excluding carboxylic acids is 2. The first-order chi connectivity index (χ1) is 17.7. The Morgan fingerprint density at radius 2 is 1.89 bits per heavy atom. The van der Waals surface area contributed by atoms with Crippen molar-refractivity contribution in [1.82, 2.24) is 14.8 Å². The van der Waals surface area contributed by atoms with Gasteiger partial charge in [0.25, 0.3) is 0 Å². The Morgan fingerprint density at radius 1 is 1.18 bits per heavy atom. The Morgan fingerprint density at radius 3 is 2.50 bits per heavy atom. The van der Waals surface area contributed by atoms with Crippen LogP contribution in [-0.2, 0) is 22.8 Å². The first kappa shape index (κ1) is 27.4. The molecule has 3 heterocycles. The molecule has 0 radical (unpaired) electrons. The van der Waals surface area contributed by atoms with Crippen LogP contribution in [0.15, 0.2) is 36.5 Å². The van der Waals surface area contributed by atoms with E-state index in [0.29, 0.717) is 5.82 Å². The number of pyridine rings is 1. The molecule has 0 aliphatic carbocycles. The van der Waals surface area contributed by atoms with Gasteiger partial charge in [0.2, 0.25) is 11.8 Å². The smallest absolute Gasteiger partial charge is 0.344 e. The predicted octanol–water partition coefficient (Wildman–Crippen LogP) is 4.74. The summed E-state index contributed by atoms with van der Waals surface area (Å²) >= 11 is 5.88. The molecule has 1 fully saturated rings. The van der Waals surface area contributed by atoms with Crippen molar-refractivity contribution in [3.8, 4) is 0 Å². The maximum Gasteiger partial charge on any atom is 0.416 e. The van der Waals surface area contributed by atoms with Gasteiger partial charge in [0.05, 0.1) is 16.5 Å². The molecule has 2 aromatic heterocycles. The number of halogens is 5. The number of aromatic nitrogens is 3. The Kier molecular flexibility index (Phi) is 7.37. The van der Waals surface area contributed by atoms with Crippen molar-refractivity contribution in [2.45, 2.75) is 32.5 Å². The molecule has 0 spiro atoms. The van der Waals surface area contributed by atoms with Crippen LogP contribution in [0.5, 0.6) is 0 Å². The number of anilines is 3. The minimum Gasteiger partial charge on any atom is -0.344 e. The molecule has 2 amide bonds. The highest BCUT2D eigenvalue weighted by atomic mass is 35.5. The molecule has 0 saturated carbocycles.